The third-order valence-corrected chi connectivity index (χ3v) is 3.43. The van der Waals surface area contributed by atoms with Crippen LogP contribution < -0.4 is 10.6 Å². The first-order valence-corrected chi connectivity index (χ1v) is 6.88. The molecule has 2 nitrogen and oxygen atoms in total. The van der Waals surface area contributed by atoms with Crippen molar-refractivity contribution in [2.45, 2.75) is 19.4 Å². The monoisotopic (exact) mass is 292 g/mol. The van der Waals surface area contributed by atoms with Crippen LogP contribution in [0.3, 0.4) is 0 Å². The number of halogens is 2. The highest BCUT2D eigenvalue weighted by molar-refractivity contribution is 6.33. The molecule has 106 valence electrons. The first-order chi connectivity index (χ1) is 9.47. The molecule has 0 aliphatic rings. The smallest absolute Gasteiger partial charge is 0.125 e. The van der Waals surface area contributed by atoms with Gasteiger partial charge in [-0.2, -0.15) is 0 Å². The van der Waals surface area contributed by atoms with Gasteiger partial charge >= 0.3 is 0 Å². The Morgan fingerprint density at radius 3 is 2.60 bits per heavy atom. The second kappa shape index (κ2) is 6.25. The van der Waals surface area contributed by atoms with Crippen molar-refractivity contribution in [3.05, 3.63) is 58.9 Å². The highest BCUT2D eigenvalue weighted by atomic mass is 35.5. The normalized spacial score (nSPS) is 12.2. The van der Waals surface area contributed by atoms with Crippen molar-refractivity contribution < 1.29 is 4.39 Å². The number of hydrogen-bond acceptors (Lipinski definition) is 2. The summed E-state index contributed by atoms with van der Waals surface area (Å²) >= 11 is 6.32. The molecule has 1 atom stereocenters. The van der Waals surface area contributed by atoms with Crippen LogP contribution in [-0.4, -0.2) is 13.1 Å². The fourth-order valence-electron chi connectivity index (χ4n) is 2.15. The highest BCUT2D eigenvalue weighted by Crippen LogP contribution is 2.31. The largest absolute Gasteiger partial charge is 0.343 e. The van der Waals surface area contributed by atoms with E-state index in [4.69, 9.17) is 17.3 Å². The van der Waals surface area contributed by atoms with Crippen LogP contribution in [-0.2, 0) is 6.42 Å². The van der Waals surface area contributed by atoms with E-state index >= 15 is 0 Å². The minimum absolute atomic E-state index is 0.0952. The van der Waals surface area contributed by atoms with Gasteiger partial charge in [-0.25, -0.2) is 4.39 Å². The summed E-state index contributed by atoms with van der Waals surface area (Å²) in [7, 11) is 1.86. The Morgan fingerprint density at radius 2 is 2.00 bits per heavy atom. The first-order valence-electron chi connectivity index (χ1n) is 6.50. The standard InChI is InChI=1S/C16H18ClFN2/c1-11(19)8-12-6-7-16(15(17)9-12)20(2)14-5-3-4-13(18)10-14/h3-7,9-11H,8,19H2,1-2H3. The molecule has 20 heavy (non-hydrogen) atoms. The molecule has 0 aliphatic heterocycles. The SMILES string of the molecule is CC(N)Cc1ccc(N(C)c2cccc(F)c2)c(Cl)c1. The molecule has 0 bridgehead atoms. The Balaban J connectivity index is 2.28. The second-order valence-corrected chi connectivity index (χ2v) is 5.41. The molecule has 2 N–H and O–H groups in total. The predicted molar refractivity (Wildman–Crippen MR) is 83.3 cm³/mol. The van der Waals surface area contributed by atoms with Crippen molar-refractivity contribution >= 4 is 23.0 Å². The lowest BCUT2D eigenvalue weighted by atomic mass is 10.1. The molecule has 0 saturated heterocycles. The molecule has 2 aromatic carbocycles. The summed E-state index contributed by atoms with van der Waals surface area (Å²) in [5, 5.41) is 0.634. The van der Waals surface area contributed by atoms with Gasteiger partial charge in [0.2, 0.25) is 0 Å². The minimum Gasteiger partial charge on any atom is -0.343 e. The minimum atomic E-state index is -0.265. The van der Waals surface area contributed by atoms with Crippen LogP contribution in [0, 0.1) is 5.82 Å². The van der Waals surface area contributed by atoms with Crippen LogP contribution in [0.1, 0.15) is 12.5 Å². The summed E-state index contributed by atoms with van der Waals surface area (Å²) in [5.74, 6) is -0.265. The van der Waals surface area contributed by atoms with E-state index in [9.17, 15) is 4.39 Å². The van der Waals surface area contributed by atoms with Crippen molar-refractivity contribution in [2.24, 2.45) is 5.73 Å². The molecule has 0 radical (unpaired) electrons. The number of anilines is 2. The molecule has 0 amide bonds. The molecule has 1 unspecified atom stereocenters. The van der Waals surface area contributed by atoms with Crippen LogP contribution in [0.5, 0.6) is 0 Å². The third-order valence-electron chi connectivity index (χ3n) is 3.13. The number of nitrogens with two attached hydrogens (primary N) is 1. The lowest BCUT2D eigenvalue weighted by molar-refractivity contribution is 0.628. The summed E-state index contributed by atoms with van der Waals surface area (Å²) in [6, 6.07) is 12.4. The van der Waals surface area contributed by atoms with Gasteiger partial charge < -0.3 is 10.6 Å². The maximum absolute atomic E-state index is 13.3. The first kappa shape index (κ1) is 14.8. The lowest BCUT2D eigenvalue weighted by Crippen LogP contribution is -2.18. The zero-order valence-electron chi connectivity index (χ0n) is 11.6. The zero-order chi connectivity index (χ0) is 14.7. The summed E-state index contributed by atoms with van der Waals surface area (Å²) in [5.41, 5.74) is 8.48. The Morgan fingerprint density at radius 1 is 1.25 bits per heavy atom. The molecule has 2 rings (SSSR count). The van der Waals surface area contributed by atoms with Crippen molar-refractivity contribution in [2.75, 3.05) is 11.9 Å². The van der Waals surface area contributed by atoms with Crippen molar-refractivity contribution in [3.8, 4) is 0 Å². The second-order valence-electron chi connectivity index (χ2n) is 5.01. The molecule has 0 fully saturated rings. The Hall–Kier alpha value is -1.58. The predicted octanol–water partition coefficient (Wildman–Crippen LogP) is 4.14. The molecule has 0 aliphatic carbocycles. The van der Waals surface area contributed by atoms with E-state index < -0.39 is 0 Å². The molecule has 4 heteroatoms. The van der Waals surface area contributed by atoms with Gasteiger partial charge in [0.15, 0.2) is 0 Å². The van der Waals surface area contributed by atoms with Crippen LogP contribution >= 0.6 is 11.6 Å². The maximum atomic E-state index is 13.3. The van der Waals surface area contributed by atoms with Gasteiger partial charge in [0.1, 0.15) is 5.82 Å². The van der Waals surface area contributed by atoms with Crippen molar-refractivity contribution in [3.63, 3.8) is 0 Å². The van der Waals surface area contributed by atoms with E-state index in [1.165, 1.54) is 12.1 Å². The summed E-state index contributed by atoms with van der Waals surface area (Å²) in [6.45, 7) is 1.96. The molecule has 2 aromatic rings. The molecular formula is C16H18ClFN2. The molecule has 0 heterocycles. The topological polar surface area (TPSA) is 29.3 Å². The lowest BCUT2D eigenvalue weighted by Gasteiger charge is -2.21. The summed E-state index contributed by atoms with van der Waals surface area (Å²) in [6.07, 6.45) is 0.781. The summed E-state index contributed by atoms with van der Waals surface area (Å²) < 4.78 is 13.3. The van der Waals surface area contributed by atoms with E-state index in [-0.39, 0.29) is 11.9 Å². The van der Waals surface area contributed by atoms with Crippen molar-refractivity contribution in [1.29, 1.82) is 0 Å². The molecular weight excluding hydrogens is 275 g/mol. The fraction of sp³-hybridized carbons (Fsp3) is 0.250. The van der Waals surface area contributed by atoms with Gasteiger partial charge in [-0.15, -0.1) is 0 Å². The van der Waals surface area contributed by atoms with E-state index in [1.54, 1.807) is 6.07 Å². The van der Waals surface area contributed by atoms with Crippen LogP contribution in [0.4, 0.5) is 15.8 Å². The van der Waals surface area contributed by atoms with Crippen LogP contribution in [0.25, 0.3) is 0 Å². The van der Waals surface area contributed by atoms with Gasteiger partial charge in [-0.1, -0.05) is 23.7 Å². The average molecular weight is 293 g/mol. The van der Waals surface area contributed by atoms with Gasteiger partial charge in [0.05, 0.1) is 10.7 Å². The van der Waals surface area contributed by atoms with Crippen molar-refractivity contribution in [1.82, 2.24) is 0 Å². The van der Waals surface area contributed by atoms with E-state index in [1.807, 2.05) is 43.1 Å². The van der Waals surface area contributed by atoms with Gasteiger partial charge in [0.25, 0.3) is 0 Å². The van der Waals surface area contributed by atoms with E-state index in [0.717, 1.165) is 23.4 Å². The number of benzene rings is 2. The van der Waals surface area contributed by atoms with Gasteiger partial charge in [-0.3, -0.25) is 0 Å². The number of nitrogens with zero attached hydrogens (tertiary/aromatic N) is 1. The quantitative estimate of drug-likeness (QED) is 0.918. The number of hydrogen-bond donors (Lipinski definition) is 1. The summed E-state index contributed by atoms with van der Waals surface area (Å²) in [4.78, 5) is 1.86. The Bertz CT molecular complexity index is 599. The van der Waals surface area contributed by atoms with Gasteiger partial charge in [-0.05, 0) is 49.2 Å². The Kier molecular flexibility index (Phi) is 4.63. The average Bonchev–Trinajstić information content (AvgIpc) is 2.37. The number of rotatable bonds is 4. The maximum Gasteiger partial charge on any atom is 0.125 e. The molecule has 0 aromatic heterocycles. The fourth-order valence-corrected chi connectivity index (χ4v) is 2.47. The van der Waals surface area contributed by atoms with Crippen LogP contribution in [0.15, 0.2) is 42.5 Å². The molecule has 0 saturated carbocycles. The highest BCUT2D eigenvalue weighted by Gasteiger charge is 2.10. The van der Waals surface area contributed by atoms with Crippen LogP contribution in [0.2, 0.25) is 5.02 Å². The molecule has 0 spiro atoms. The van der Waals surface area contributed by atoms with Gasteiger partial charge in [0, 0.05) is 18.8 Å². The third kappa shape index (κ3) is 3.50. The van der Waals surface area contributed by atoms with E-state index in [2.05, 4.69) is 0 Å². The Labute approximate surface area is 124 Å². The van der Waals surface area contributed by atoms with E-state index in [0.29, 0.717) is 5.02 Å². The zero-order valence-corrected chi connectivity index (χ0v) is 12.4.